The normalized spacial score (nSPS) is 13.5. The number of rotatable bonds is 3. The van der Waals surface area contributed by atoms with Crippen LogP contribution in [0.3, 0.4) is 0 Å². The van der Waals surface area contributed by atoms with Gasteiger partial charge in [0.2, 0.25) is 0 Å². The van der Waals surface area contributed by atoms with Gasteiger partial charge in [-0.1, -0.05) is 0 Å². The Balaban J connectivity index is 4.49. The Morgan fingerprint density at radius 2 is 1.87 bits per heavy atom. The van der Waals surface area contributed by atoms with Crippen LogP contribution in [0.4, 0.5) is 13.6 Å². The van der Waals surface area contributed by atoms with Crippen molar-refractivity contribution >= 4 is 12.4 Å². The molecule has 0 aliphatic carbocycles. The van der Waals surface area contributed by atoms with Crippen LogP contribution >= 0.6 is 0 Å². The monoisotopic (exact) mass is 223 g/mol. The number of aldehydes is 1. The third-order valence-electron chi connectivity index (χ3n) is 1.53. The molecule has 1 atom stereocenters. The number of ether oxygens (including phenoxy) is 1. The molecule has 88 valence electrons. The maximum absolute atomic E-state index is 12.3. The lowest BCUT2D eigenvalue weighted by molar-refractivity contribution is -0.116. The molecule has 0 spiro atoms. The van der Waals surface area contributed by atoms with E-state index in [1.807, 2.05) is 0 Å². The van der Waals surface area contributed by atoms with Gasteiger partial charge in [-0.15, -0.1) is 0 Å². The van der Waals surface area contributed by atoms with Crippen molar-refractivity contribution in [1.82, 2.24) is 4.90 Å². The van der Waals surface area contributed by atoms with Gasteiger partial charge in [-0.25, -0.2) is 13.6 Å². The van der Waals surface area contributed by atoms with E-state index in [0.29, 0.717) is 4.90 Å². The molecule has 1 unspecified atom stereocenters. The number of nitrogens with zero attached hydrogens (tertiary/aromatic N) is 1. The Morgan fingerprint density at radius 3 is 2.13 bits per heavy atom. The first-order chi connectivity index (χ1) is 6.69. The van der Waals surface area contributed by atoms with E-state index in [9.17, 15) is 18.4 Å². The first kappa shape index (κ1) is 13.8. The number of halogens is 2. The zero-order chi connectivity index (χ0) is 12.2. The molecule has 0 rings (SSSR count). The van der Waals surface area contributed by atoms with Crippen molar-refractivity contribution in [3.05, 3.63) is 0 Å². The lowest BCUT2D eigenvalue weighted by atomic mass is 10.2. The fraction of sp³-hybridized carbons (Fsp3) is 0.778. The second kappa shape index (κ2) is 5.04. The van der Waals surface area contributed by atoms with E-state index in [1.54, 1.807) is 20.8 Å². The molecule has 0 bridgehead atoms. The first-order valence-electron chi connectivity index (χ1n) is 4.38. The predicted octanol–water partition coefficient (Wildman–Crippen LogP) is 1.69. The van der Waals surface area contributed by atoms with Crippen LogP contribution in [-0.4, -0.2) is 42.4 Å². The third-order valence-corrected chi connectivity index (χ3v) is 1.53. The first-order valence-corrected chi connectivity index (χ1v) is 4.38. The van der Waals surface area contributed by atoms with Crippen molar-refractivity contribution in [2.75, 3.05) is 7.05 Å². The topological polar surface area (TPSA) is 46.6 Å². The molecule has 0 fully saturated rings. The van der Waals surface area contributed by atoms with E-state index in [-0.39, 0.29) is 6.29 Å². The molecular weight excluding hydrogens is 208 g/mol. The Labute approximate surface area is 87.2 Å². The minimum atomic E-state index is -2.92. The third kappa shape index (κ3) is 4.71. The number of hydrogen-bond donors (Lipinski definition) is 0. The molecule has 4 nitrogen and oxygen atoms in total. The highest BCUT2D eigenvalue weighted by atomic mass is 19.3. The van der Waals surface area contributed by atoms with Crippen molar-refractivity contribution in [2.45, 2.75) is 38.8 Å². The molecule has 1 amide bonds. The molecule has 0 aliphatic rings. The fourth-order valence-electron chi connectivity index (χ4n) is 0.775. The van der Waals surface area contributed by atoms with Gasteiger partial charge in [0, 0.05) is 7.05 Å². The smallest absolute Gasteiger partial charge is 0.410 e. The molecule has 0 aromatic heterocycles. The van der Waals surface area contributed by atoms with E-state index in [1.165, 1.54) is 0 Å². The maximum Gasteiger partial charge on any atom is 0.410 e. The van der Waals surface area contributed by atoms with E-state index in [0.717, 1.165) is 7.05 Å². The second-order valence-corrected chi connectivity index (χ2v) is 4.05. The highest BCUT2D eigenvalue weighted by Gasteiger charge is 2.30. The van der Waals surface area contributed by atoms with Gasteiger partial charge in [0.1, 0.15) is 11.9 Å². The standard InChI is InChI=1S/C9H15F2NO3/c1-9(2,3)15-8(14)12(4)6(5-13)7(10)11/h5-7H,1-4H3. The van der Waals surface area contributed by atoms with Crippen molar-refractivity contribution in [3.63, 3.8) is 0 Å². The summed E-state index contributed by atoms with van der Waals surface area (Å²) in [6.45, 7) is 4.82. The molecule has 0 saturated heterocycles. The minimum Gasteiger partial charge on any atom is -0.444 e. The quantitative estimate of drug-likeness (QED) is 0.684. The summed E-state index contributed by atoms with van der Waals surface area (Å²) in [5.41, 5.74) is -0.777. The van der Waals surface area contributed by atoms with E-state index >= 15 is 0 Å². The zero-order valence-corrected chi connectivity index (χ0v) is 9.16. The largest absolute Gasteiger partial charge is 0.444 e. The van der Waals surface area contributed by atoms with E-state index in [2.05, 4.69) is 0 Å². The fourth-order valence-corrected chi connectivity index (χ4v) is 0.775. The van der Waals surface area contributed by atoms with E-state index < -0.39 is 24.2 Å². The van der Waals surface area contributed by atoms with Crippen LogP contribution in [0.1, 0.15) is 20.8 Å². The van der Waals surface area contributed by atoms with Gasteiger partial charge in [0.25, 0.3) is 6.43 Å². The second-order valence-electron chi connectivity index (χ2n) is 4.05. The summed E-state index contributed by atoms with van der Waals surface area (Å²) in [5, 5.41) is 0. The summed E-state index contributed by atoms with van der Waals surface area (Å²) < 4.78 is 29.4. The maximum atomic E-state index is 12.3. The Morgan fingerprint density at radius 1 is 1.40 bits per heavy atom. The molecule has 0 aromatic rings. The van der Waals surface area contributed by atoms with Crippen molar-refractivity contribution in [3.8, 4) is 0 Å². The van der Waals surface area contributed by atoms with Crippen LogP contribution in [0.2, 0.25) is 0 Å². The van der Waals surface area contributed by atoms with Crippen LogP contribution in [0.5, 0.6) is 0 Å². The summed E-state index contributed by atoms with van der Waals surface area (Å²) in [6, 6.07) is -1.76. The summed E-state index contributed by atoms with van der Waals surface area (Å²) in [7, 11) is 1.10. The molecule has 0 aromatic carbocycles. The van der Waals surface area contributed by atoms with Gasteiger partial charge >= 0.3 is 6.09 Å². The number of alkyl halides is 2. The Bertz CT molecular complexity index is 238. The summed E-state index contributed by atoms with van der Waals surface area (Å²) in [4.78, 5) is 22.2. The lowest BCUT2D eigenvalue weighted by Crippen LogP contribution is -2.45. The minimum absolute atomic E-state index is 0.0224. The number of carbonyl (C=O) groups excluding carboxylic acids is 2. The van der Waals surface area contributed by atoms with E-state index in [4.69, 9.17) is 4.74 Å². The van der Waals surface area contributed by atoms with Gasteiger partial charge in [-0.3, -0.25) is 4.90 Å². The SMILES string of the molecule is CN(C(=O)OC(C)(C)C)C(C=O)C(F)F. The molecule has 0 radical (unpaired) electrons. The molecule has 0 N–H and O–H groups in total. The van der Waals surface area contributed by atoms with Crippen molar-refractivity contribution < 1.29 is 23.1 Å². The van der Waals surface area contributed by atoms with Crippen LogP contribution in [0.25, 0.3) is 0 Å². The average molecular weight is 223 g/mol. The van der Waals surface area contributed by atoms with Crippen LogP contribution in [0.15, 0.2) is 0 Å². The van der Waals surface area contributed by atoms with Crippen LogP contribution in [0, 0.1) is 0 Å². The zero-order valence-electron chi connectivity index (χ0n) is 9.16. The molecule has 15 heavy (non-hydrogen) atoms. The molecule has 0 saturated carbocycles. The summed E-state index contributed by atoms with van der Waals surface area (Å²) >= 11 is 0. The number of amides is 1. The van der Waals surface area contributed by atoms with Crippen molar-refractivity contribution in [2.24, 2.45) is 0 Å². The number of likely N-dealkylation sites (N-methyl/N-ethyl adjacent to an activating group) is 1. The van der Waals surface area contributed by atoms with Crippen molar-refractivity contribution in [1.29, 1.82) is 0 Å². The average Bonchev–Trinajstić information content (AvgIpc) is 2.01. The Kier molecular flexibility index (Phi) is 4.64. The van der Waals surface area contributed by atoms with Gasteiger partial charge in [-0.05, 0) is 20.8 Å². The highest BCUT2D eigenvalue weighted by Crippen LogP contribution is 2.12. The summed E-state index contributed by atoms with van der Waals surface area (Å²) in [6.07, 6.45) is -3.84. The van der Waals surface area contributed by atoms with Gasteiger partial charge in [0.05, 0.1) is 0 Å². The van der Waals surface area contributed by atoms with Gasteiger partial charge < -0.3 is 9.53 Å². The number of hydrogen-bond acceptors (Lipinski definition) is 3. The lowest BCUT2D eigenvalue weighted by Gasteiger charge is -2.27. The Hall–Kier alpha value is -1.20. The van der Waals surface area contributed by atoms with Crippen LogP contribution in [-0.2, 0) is 9.53 Å². The molecular formula is C9H15F2NO3. The van der Waals surface area contributed by atoms with Gasteiger partial charge in [-0.2, -0.15) is 0 Å². The number of carbonyl (C=O) groups is 2. The molecule has 0 aliphatic heterocycles. The highest BCUT2D eigenvalue weighted by molar-refractivity contribution is 5.73. The van der Waals surface area contributed by atoms with Gasteiger partial charge in [0.15, 0.2) is 6.04 Å². The molecule has 0 heterocycles. The summed E-state index contributed by atoms with van der Waals surface area (Å²) in [5.74, 6) is 0. The predicted molar refractivity (Wildman–Crippen MR) is 49.9 cm³/mol. The molecule has 6 heteroatoms. The van der Waals surface area contributed by atoms with Crippen LogP contribution < -0.4 is 0 Å².